The van der Waals surface area contributed by atoms with Crippen molar-refractivity contribution in [2.75, 3.05) is 0 Å². The van der Waals surface area contributed by atoms with Crippen LogP contribution in [0.3, 0.4) is 0 Å². The van der Waals surface area contributed by atoms with Gasteiger partial charge in [-0.25, -0.2) is 4.79 Å². The van der Waals surface area contributed by atoms with Crippen LogP contribution in [0.25, 0.3) is 0 Å². The lowest BCUT2D eigenvalue weighted by Crippen LogP contribution is -1.96. The average molecular weight is 247 g/mol. The number of carboxylic acid groups (broad SMARTS) is 1. The van der Waals surface area contributed by atoms with Crippen LogP contribution in [0.4, 0.5) is 0 Å². The predicted octanol–water partition coefficient (Wildman–Crippen LogP) is 2.57. The molecule has 0 amide bonds. The molecule has 94 valence electrons. The van der Waals surface area contributed by atoms with Crippen molar-refractivity contribution in [2.24, 2.45) is 0 Å². The van der Waals surface area contributed by atoms with Crippen LogP contribution in [0.5, 0.6) is 5.75 Å². The molecule has 0 aliphatic heterocycles. The molecule has 0 radical (unpaired) electrons. The Kier molecular flexibility index (Phi) is 3.32. The number of aromatic nitrogens is 1. The van der Waals surface area contributed by atoms with E-state index in [0.717, 1.165) is 5.69 Å². The molecular formula is C13H13NO4. The molecule has 2 heterocycles. The van der Waals surface area contributed by atoms with Gasteiger partial charge in [-0.3, -0.25) is 4.98 Å². The fourth-order valence-corrected chi connectivity index (χ4v) is 1.52. The van der Waals surface area contributed by atoms with Gasteiger partial charge in [0.15, 0.2) is 0 Å². The number of hydrogen-bond acceptors (Lipinski definition) is 4. The SMILES string of the molecule is Cc1ccc(OCc2cc(C(=O)O)c(C)o2)cn1. The van der Waals surface area contributed by atoms with E-state index in [1.165, 1.54) is 6.07 Å². The van der Waals surface area contributed by atoms with Gasteiger partial charge >= 0.3 is 5.97 Å². The molecule has 0 saturated heterocycles. The van der Waals surface area contributed by atoms with Crippen molar-refractivity contribution < 1.29 is 19.1 Å². The van der Waals surface area contributed by atoms with E-state index in [9.17, 15) is 4.79 Å². The monoisotopic (exact) mass is 247 g/mol. The summed E-state index contributed by atoms with van der Waals surface area (Å²) < 4.78 is 10.7. The maximum atomic E-state index is 10.8. The highest BCUT2D eigenvalue weighted by Gasteiger charge is 2.13. The smallest absolute Gasteiger partial charge is 0.339 e. The van der Waals surface area contributed by atoms with E-state index in [1.807, 2.05) is 13.0 Å². The molecule has 2 aromatic rings. The lowest BCUT2D eigenvalue weighted by atomic mass is 10.2. The Morgan fingerprint density at radius 1 is 1.44 bits per heavy atom. The van der Waals surface area contributed by atoms with Crippen LogP contribution in [0.2, 0.25) is 0 Å². The molecule has 0 aliphatic rings. The van der Waals surface area contributed by atoms with E-state index >= 15 is 0 Å². The molecule has 0 fully saturated rings. The Morgan fingerprint density at radius 2 is 2.22 bits per heavy atom. The summed E-state index contributed by atoms with van der Waals surface area (Å²) in [5.74, 6) is 0.472. The molecule has 0 aromatic carbocycles. The number of carboxylic acids is 1. The minimum atomic E-state index is -1.00. The molecule has 0 aliphatic carbocycles. The zero-order valence-electron chi connectivity index (χ0n) is 10.1. The molecule has 0 unspecified atom stereocenters. The van der Waals surface area contributed by atoms with Crippen molar-refractivity contribution in [2.45, 2.75) is 20.5 Å². The van der Waals surface area contributed by atoms with Gasteiger partial charge in [0.2, 0.25) is 0 Å². The Hall–Kier alpha value is -2.30. The fraction of sp³-hybridized carbons (Fsp3) is 0.231. The first-order valence-electron chi connectivity index (χ1n) is 5.44. The largest absolute Gasteiger partial charge is 0.484 e. The van der Waals surface area contributed by atoms with Crippen LogP contribution >= 0.6 is 0 Å². The Balaban J connectivity index is 2.04. The molecule has 1 N–H and O–H groups in total. The molecule has 0 atom stereocenters. The van der Waals surface area contributed by atoms with Crippen molar-refractivity contribution >= 4 is 5.97 Å². The van der Waals surface area contributed by atoms with Gasteiger partial charge in [0, 0.05) is 5.69 Å². The second kappa shape index (κ2) is 4.91. The highest BCUT2D eigenvalue weighted by Crippen LogP contribution is 2.17. The first kappa shape index (κ1) is 12.2. The maximum absolute atomic E-state index is 10.8. The number of pyridine rings is 1. The van der Waals surface area contributed by atoms with Gasteiger partial charge in [-0.2, -0.15) is 0 Å². The van der Waals surface area contributed by atoms with Gasteiger partial charge in [-0.1, -0.05) is 0 Å². The maximum Gasteiger partial charge on any atom is 0.339 e. The fourth-order valence-electron chi connectivity index (χ4n) is 1.52. The van der Waals surface area contributed by atoms with Crippen LogP contribution in [-0.4, -0.2) is 16.1 Å². The number of carbonyl (C=O) groups is 1. The van der Waals surface area contributed by atoms with Gasteiger partial charge in [-0.05, 0) is 32.0 Å². The third kappa shape index (κ3) is 2.68. The second-order valence-electron chi connectivity index (χ2n) is 3.91. The van der Waals surface area contributed by atoms with Crippen LogP contribution in [0.1, 0.15) is 27.6 Å². The van der Waals surface area contributed by atoms with E-state index in [2.05, 4.69) is 4.98 Å². The van der Waals surface area contributed by atoms with E-state index in [4.69, 9.17) is 14.3 Å². The van der Waals surface area contributed by atoms with Gasteiger partial charge < -0.3 is 14.3 Å². The van der Waals surface area contributed by atoms with Gasteiger partial charge in [-0.15, -0.1) is 0 Å². The van der Waals surface area contributed by atoms with Crippen LogP contribution < -0.4 is 4.74 Å². The van der Waals surface area contributed by atoms with Crippen molar-refractivity contribution in [3.63, 3.8) is 0 Å². The summed E-state index contributed by atoms with van der Waals surface area (Å²) in [5, 5.41) is 8.88. The number of hydrogen-bond donors (Lipinski definition) is 1. The van der Waals surface area contributed by atoms with Crippen LogP contribution in [-0.2, 0) is 6.61 Å². The standard InChI is InChI=1S/C13H13NO4/c1-8-3-4-10(6-14-8)17-7-11-5-12(13(15)16)9(2)18-11/h3-6H,7H2,1-2H3,(H,15,16). The summed E-state index contributed by atoms with van der Waals surface area (Å²) in [7, 11) is 0. The quantitative estimate of drug-likeness (QED) is 0.898. The number of furan rings is 1. The van der Waals surface area contributed by atoms with Crippen molar-refractivity contribution in [3.05, 3.63) is 47.2 Å². The second-order valence-corrected chi connectivity index (χ2v) is 3.91. The summed E-state index contributed by atoms with van der Waals surface area (Å²) in [6.45, 7) is 3.68. The summed E-state index contributed by atoms with van der Waals surface area (Å²) in [6.07, 6.45) is 1.61. The highest BCUT2D eigenvalue weighted by molar-refractivity contribution is 5.88. The van der Waals surface area contributed by atoms with Gasteiger partial charge in [0.25, 0.3) is 0 Å². The van der Waals surface area contributed by atoms with E-state index in [0.29, 0.717) is 17.3 Å². The third-order valence-electron chi connectivity index (χ3n) is 2.46. The predicted molar refractivity (Wildman–Crippen MR) is 63.7 cm³/mol. The van der Waals surface area contributed by atoms with Crippen LogP contribution in [0.15, 0.2) is 28.8 Å². The Bertz CT molecular complexity index is 557. The summed E-state index contributed by atoms with van der Waals surface area (Å²) in [5.41, 5.74) is 1.07. The normalized spacial score (nSPS) is 10.3. The first-order chi connectivity index (χ1) is 8.56. The number of ether oxygens (including phenoxy) is 1. The average Bonchev–Trinajstić information content (AvgIpc) is 2.70. The molecule has 0 saturated carbocycles. The van der Waals surface area contributed by atoms with E-state index in [-0.39, 0.29) is 12.2 Å². The lowest BCUT2D eigenvalue weighted by Gasteiger charge is -2.03. The lowest BCUT2D eigenvalue weighted by molar-refractivity contribution is 0.0695. The van der Waals surface area contributed by atoms with E-state index in [1.54, 1.807) is 19.2 Å². The molecular weight excluding hydrogens is 234 g/mol. The van der Waals surface area contributed by atoms with Crippen LogP contribution in [0, 0.1) is 13.8 Å². The molecule has 0 bridgehead atoms. The summed E-state index contributed by atoms with van der Waals surface area (Å²) in [6, 6.07) is 5.11. The van der Waals surface area contributed by atoms with E-state index < -0.39 is 5.97 Å². The van der Waals surface area contributed by atoms with Gasteiger partial charge in [0.1, 0.15) is 29.4 Å². The zero-order valence-corrected chi connectivity index (χ0v) is 10.1. The zero-order chi connectivity index (χ0) is 13.1. The van der Waals surface area contributed by atoms with Crippen molar-refractivity contribution in [1.82, 2.24) is 4.98 Å². The topological polar surface area (TPSA) is 72.6 Å². The first-order valence-corrected chi connectivity index (χ1v) is 5.44. The number of aromatic carboxylic acids is 1. The molecule has 0 spiro atoms. The van der Waals surface area contributed by atoms with Crippen molar-refractivity contribution in [1.29, 1.82) is 0 Å². The number of rotatable bonds is 4. The highest BCUT2D eigenvalue weighted by atomic mass is 16.5. The minimum Gasteiger partial charge on any atom is -0.484 e. The minimum absolute atomic E-state index is 0.163. The molecule has 18 heavy (non-hydrogen) atoms. The third-order valence-corrected chi connectivity index (χ3v) is 2.46. The molecule has 5 heteroatoms. The molecule has 2 rings (SSSR count). The Morgan fingerprint density at radius 3 is 2.78 bits per heavy atom. The van der Waals surface area contributed by atoms with Gasteiger partial charge in [0.05, 0.1) is 6.20 Å². The Labute approximate surface area is 104 Å². The summed E-state index contributed by atoms with van der Waals surface area (Å²) >= 11 is 0. The molecule has 5 nitrogen and oxygen atoms in total. The number of aryl methyl sites for hydroxylation is 2. The summed E-state index contributed by atoms with van der Waals surface area (Å²) in [4.78, 5) is 14.9. The van der Waals surface area contributed by atoms with Crippen molar-refractivity contribution in [3.8, 4) is 5.75 Å². The number of nitrogens with zero attached hydrogens (tertiary/aromatic N) is 1. The molecule has 2 aromatic heterocycles.